The Bertz CT molecular complexity index is 142. The van der Waals surface area contributed by atoms with E-state index in [-0.39, 0.29) is 5.54 Å². The average molecular weight is 186 g/mol. The molecule has 0 bridgehead atoms. The quantitative estimate of drug-likeness (QED) is 0.666. The molecule has 2 atom stereocenters. The number of nitrogens with one attached hydrogen (secondary N) is 1. The van der Waals surface area contributed by atoms with Crippen LogP contribution in [0.1, 0.15) is 26.7 Å². The number of hydrogen-bond acceptors (Lipinski definition) is 3. The van der Waals surface area contributed by atoms with E-state index >= 15 is 0 Å². The molecule has 1 saturated heterocycles. The Hall–Kier alpha value is -0.120. The first-order valence-corrected chi connectivity index (χ1v) is 5.21. The number of ether oxygens (including phenoxy) is 1. The van der Waals surface area contributed by atoms with Crippen molar-refractivity contribution in [3.8, 4) is 0 Å². The molecule has 1 heterocycles. The number of rotatable bonds is 5. The average Bonchev–Trinajstić information content (AvgIpc) is 2.57. The second kappa shape index (κ2) is 4.94. The van der Waals surface area contributed by atoms with Gasteiger partial charge < -0.3 is 15.8 Å². The molecule has 2 unspecified atom stereocenters. The van der Waals surface area contributed by atoms with E-state index in [0.717, 1.165) is 32.7 Å². The lowest BCUT2D eigenvalue weighted by atomic mass is 10.0. The molecule has 3 N–H and O–H groups in total. The van der Waals surface area contributed by atoms with E-state index in [1.807, 2.05) is 0 Å². The number of hydrogen-bond donors (Lipinski definition) is 2. The predicted octanol–water partition coefficient (Wildman–Crippen LogP) is 0.740. The summed E-state index contributed by atoms with van der Waals surface area (Å²) in [5.74, 6) is 0.702. The smallest absolute Gasteiger partial charge is 0.0507 e. The molecule has 0 aliphatic carbocycles. The Morgan fingerprint density at radius 2 is 2.38 bits per heavy atom. The molecule has 1 aliphatic rings. The van der Waals surface area contributed by atoms with Gasteiger partial charge in [-0.3, -0.25) is 0 Å². The van der Waals surface area contributed by atoms with Gasteiger partial charge in [-0.1, -0.05) is 6.92 Å². The lowest BCUT2D eigenvalue weighted by Crippen LogP contribution is -2.46. The molecular formula is C10H22N2O. The van der Waals surface area contributed by atoms with Crippen LogP contribution < -0.4 is 11.1 Å². The summed E-state index contributed by atoms with van der Waals surface area (Å²) >= 11 is 0. The highest BCUT2D eigenvalue weighted by Crippen LogP contribution is 2.11. The standard InChI is InChI=1S/C10H22N2O/c1-3-10(2,11)8-12-6-9-4-5-13-7-9/h9,12H,3-8,11H2,1-2H3. The monoisotopic (exact) mass is 186 g/mol. The van der Waals surface area contributed by atoms with Crippen molar-refractivity contribution in [3.63, 3.8) is 0 Å². The van der Waals surface area contributed by atoms with Crippen molar-refractivity contribution in [1.82, 2.24) is 5.32 Å². The first-order valence-electron chi connectivity index (χ1n) is 5.21. The fourth-order valence-corrected chi connectivity index (χ4v) is 1.43. The first-order chi connectivity index (χ1) is 6.14. The maximum atomic E-state index is 6.01. The number of nitrogens with two attached hydrogens (primary N) is 1. The first kappa shape index (κ1) is 11.0. The topological polar surface area (TPSA) is 47.3 Å². The van der Waals surface area contributed by atoms with Gasteiger partial charge in [0.15, 0.2) is 0 Å². The van der Waals surface area contributed by atoms with Gasteiger partial charge in [0, 0.05) is 25.2 Å². The van der Waals surface area contributed by atoms with Gasteiger partial charge in [0.1, 0.15) is 0 Å². The molecule has 3 heteroatoms. The summed E-state index contributed by atoms with van der Waals surface area (Å²) in [6, 6.07) is 0. The van der Waals surface area contributed by atoms with Crippen LogP contribution in [0.5, 0.6) is 0 Å². The Balaban J connectivity index is 2.06. The molecule has 78 valence electrons. The Labute approximate surface area is 81.0 Å². The van der Waals surface area contributed by atoms with Gasteiger partial charge in [0.05, 0.1) is 6.61 Å². The van der Waals surface area contributed by atoms with Crippen molar-refractivity contribution in [3.05, 3.63) is 0 Å². The van der Waals surface area contributed by atoms with Gasteiger partial charge in [-0.15, -0.1) is 0 Å². The minimum absolute atomic E-state index is 0.0561. The van der Waals surface area contributed by atoms with E-state index in [1.165, 1.54) is 6.42 Å². The van der Waals surface area contributed by atoms with E-state index in [4.69, 9.17) is 10.5 Å². The van der Waals surface area contributed by atoms with Crippen molar-refractivity contribution < 1.29 is 4.74 Å². The summed E-state index contributed by atoms with van der Waals surface area (Å²) in [5.41, 5.74) is 5.95. The molecule has 0 aromatic heterocycles. The van der Waals surface area contributed by atoms with Crippen LogP contribution in [0.25, 0.3) is 0 Å². The Morgan fingerprint density at radius 3 is 2.92 bits per heavy atom. The molecule has 0 aromatic carbocycles. The van der Waals surface area contributed by atoms with Gasteiger partial charge in [-0.25, -0.2) is 0 Å². The highest BCUT2D eigenvalue weighted by atomic mass is 16.5. The zero-order valence-corrected chi connectivity index (χ0v) is 8.81. The third kappa shape index (κ3) is 4.07. The molecular weight excluding hydrogens is 164 g/mol. The van der Waals surface area contributed by atoms with Crippen LogP contribution in [0.2, 0.25) is 0 Å². The fourth-order valence-electron chi connectivity index (χ4n) is 1.43. The van der Waals surface area contributed by atoms with Crippen molar-refractivity contribution in [2.75, 3.05) is 26.3 Å². The summed E-state index contributed by atoms with van der Waals surface area (Å²) < 4.78 is 5.29. The van der Waals surface area contributed by atoms with E-state index in [9.17, 15) is 0 Å². The lowest BCUT2D eigenvalue weighted by molar-refractivity contribution is 0.185. The summed E-state index contributed by atoms with van der Waals surface area (Å²) in [6.07, 6.45) is 2.21. The van der Waals surface area contributed by atoms with E-state index in [2.05, 4.69) is 19.2 Å². The summed E-state index contributed by atoms with van der Waals surface area (Å²) in [6.45, 7) is 8.01. The van der Waals surface area contributed by atoms with Gasteiger partial charge in [-0.2, -0.15) is 0 Å². The van der Waals surface area contributed by atoms with Crippen molar-refractivity contribution >= 4 is 0 Å². The molecule has 0 radical (unpaired) electrons. The second-order valence-electron chi connectivity index (χ2n) is 4.37. The summed E-state index contributed by atoms with van der Waals surface area (Å²) in [5, 5.41) is 3.41. The normalized spacial score (nSPS) is 27.5. The third-order valence-corrected chi connectivity index (χ3v) is 2.79. The van der Waals surface area contributed by atoms with Crippen LogP contribution in [0.4, 0.5) is 0 Å². The van der Waals surface area contributed by atoms with E-state index in [0.29, 0.717) is 5.92 Å². The van der Waals surface area contributed by atoms with Gasteiger partial charge >= 0.3 is 0 Å². The molecule has 13 heavy (non-hydrogen) atoms. The maximum absolute atomic E-state index is 6.01. The minimum atomic E-state index is -0.0561. The fraction of sp³-hybridized carbons (Fsp3) is 1.00. The minimum Gasteiger partial charge on any atom is -0.381 e. The van der Waals surface area contributed by atoms with Crippen LogP contribution in [0.3, 0.4) is 0 Å². The zero-order chi connectivity index (χ0) is 9.73. The van der Waals surface area contributed by atoms with Crippen LogP contribution >= 0.6 is 0 Å². The molecule has 0 aromatic rings. The van der Waals surface area contributed by atoms with Gasteiger partial charge in [-0.05, 0) is 25.7 Å². The Morgan fingerprint density at radius 1 is 1.62 bits per heavy atom. The highest BCUT2D eigenvalue weighted by molar-refractivity contribution is 4.80. The molecule has 0 saturated carbocycles. The van der Waals surface area contributed by atoms with Gasteiger partial charge in [0.25, 0.3) is 0 Å². The van der Waals surface area contributed by atoms with Gasteiger partial charge in [0.2, 0.25) is 0 Å². The molecule has 0 amide bonds. The molecule has 1 fully saturated rings. The Kier molecular flexibility index (Phi) is 4.16. The van der Waals surface area contributed by atoms with Crippen LogP contribution in [0, 0.1) is 5.92 Å². The highest BCUT2D eigenvalue weighted by Gasteiger charge is 2.18. The third-order valence-electron chi connectivity index (χ3n) is 2.79. The van der Waals surface area contributed by atoms with Crippen molar-refractivity contribution in [1.29, 1.82) is 0 Å². The van der Waals surface area contributed by atoms with E-state index < -0.39 is 0 Å². The maximum Gasteiger partial charge on any atom is 0.0507 e. The molecule has 1 rings (SSSR count). The van der Waals surface area contributed by atoms with E-state index in [1.54, 1.807) is 0 Å². The second-order valence-corrected chi connectivity index (χ2v) is 4.37. The van der Waals surface area contributed by atoms with Crippen molar-refractivity contribution in [2.45, 2.75) is 32.2 Å². The molecule has 1 aliphatic heterocycles. The lowest BCUT2D eigenvalue weighted by Gasteiger charge is -2.23. The van der Waals surface area contributed by atoms with Crippen LogP contribution in [0.15, 0.2) is 0 Å². The van der Waals surface area contributed by atoms with Crippen molar-refractivity contribution in [2.24, 2.45) is 11.7 Å². The predicted molar refractivity (Wildman–Crippen MR) is 54.7 cm³/mol. The molecule has 3 nitrogen and oxygen atoms in total. The zero-order valence-electron chi connectivity index (χ0n) is 8.81. The summed E-state index contributed by atoms with van der Waals surface area (Å²) in [4.78, 5) is 0. The van der Waals surface area contributed by atoms with Crippen LogP contribution in [-0.4, -0.2) is 31.8 Å². The van der Waals surface area contributed by atoms with Crippen LogP contribution in [-0.2, 0) is 4.74 Å². The SMILES string of the molecule is CCC(C)(N)CNCC1CCOC1. The largest absolute Gasteiger partial charge is 0.381 e. The molecule has 0 spiro atoms. The summed E-state index contributed by atoms with van der Waals surface area (Å²) in [7, 11) is 0.